The molecule has 51 heavy (non-hydrogen) atoms. The molecule has 0 aromatic carbocycles. The minimum absolute atomic E-state index is 0.00722. The fourth-order valence-electron chi connectivity index (χ4n) is 12.9. The summed E-state index contributed by atoms with van der Waals surface area (Å²) in [4.78, 5) is 53.5. The van der Waals surface area contributed by atoms with Crippen molar-refractivity contribution in [1.29, 1.82) is 0 Å². The van der Waals surface area contributed by atoms with E-state index in [9.17, 15) is 29.4 Å². The fourth-order valence-corrected chi connectivity index (χ4v) is 12.9. The molecule has 1 amide bonds. The van der Waals surface area contributed by atoms with Crippen molar-refractivity contribution in [2.75, 3.05) is 13.1 Å². The normalized spacial score (nSPS) is 38.1. The SMILES string of the molecule is CC(C)C1=C2C(CC[C@]3(C)[C@@H]2CC[C@@H]2[C@@]4(C)CC[C@H](OC(=O)CC(C)(C)C(=O)O)C(C)(C)[C@@H]4CC[C@]23C)[C@H]([C@@H](O)CN(C(=O)CN)C(C)C)C1=O. The number of carbonyl (C=O) groups is 4. The van der Waals surface area contributed by atoms with Crippen LogP contribution in [0.25, 0.3) is 0 Å². The molecule has 1 unspecified atom stereocenters. The average Bonchev–Trinajstić information content (AvgIpc) is 3.32. The highest BCUT2D eigenvalue weighted by Crippen LogP contribution is 2.75. The summed E-state index contributed by atoms with van der Waals surface area (Å²) in [5, 5.41) is 21.3. The summed E-state index contributed by atoms with van der Waals surface area (Å²) >= 11 is 0. The molecule has 4 N–H and O–H groups in total. The van der Waals surface area contributed by atoms with Crippen LogP contribution in [0.4, 0.5) is 0 Å². The Bertz CT molecular complexity index is 1450. The van der Waals surface area contributed by atoms with Crippen LogP contribution < -0.4 is 5.73 Å². The molecular formula is C42H68N2O7. The number of ether oxygens (including phenoxy) is 1. The van der Waals surface area contributed by atoms with Crippen LogP contribution in [0.3, 0.4) is 0 Å². The molecule has 0 heterocycles. The van der Waals surface area contributed by atoms with Crippen LogP contribution in [-0.4, -0.2) is 70.1 Å². The van der Waals surface area contributed by atoms with Gasteiger partial charge in [-0.3, -0.25) is 19.2 Å². The molecule has 4 fully saturated rings. The van der Waals surface area contributed by atoms with E-state index in [1.807, 2.05) is 13.8 Å². The van der Waals surface area contributed by atoms with Gasteiger partial charge >= 0.3 is 11.9 Å². The number of Topliss-reactive ketones (excluding diaryl/α,β-unsaturated/α-hetero) is 1. The number of aliphatic hydroxyl groups is 1. The Balaban J connectivity index is 1.42. The van der Waals surface area contributed by atoms with Crippen molar-refractivity contribution in [1.82, 2.24) is 4.90 Å². The molecule has 0 saturated heterocycles. The number of nitrogens with zero attached hydrogens (tertiary/aromatic N) is 1. The lowest BCUT2D eigenvalue weighted by Gasteiger charge is -2.71. The second kappa shape index (κ2) is 13.5. The average molecular weight is 713 g/mol. The number of rotatable bonds is 10. The van der Waals surface area contributed by atoms with Crippen molar-refractivity contribution in [2.45, 2.75) is 152 Å². The molecule has 5 rings (SSSR count). The zero-order valence-corrected chi connectivity index (χ0v) is 33.4. The number of amides is 1. The Morgan fingerprint density at radius 2 is 1.55 bits per heavy atom. The molecule has 4 saturated carbocycles. The summed E-state index contributed by atoms with van der Waals surface area (Å²) in [6.07, 6.45) is 6.45. The minimum atomic E-state index is -1.17. The van der Waals surface area contributed by atoms with Gasteiger partial charge in [0.15, 0.2) is 5.78 Å². The van der Waals surface area contributed by atoms with Gasteiger partial charge in [-0.15, -0.1) is 0 Å². The van der Waals surface area contributed by atoms with Gasteiger partial charge in [0.25, 0.3) is 0 Å². The van der Waals surface area contributed by atoms with Gasteiger partial charge in [-0.1, -0.05) is 54.0 Å². The number of nitrogens with two attached hydrogens (primary N) is 1. The van der Waals surface area contributed by atoms with Gasteiger partial charge < -0.3 is 25.6 Å². The fraction of sp³-hybridized carbons (Fsp3) is 0.857. The van der Waals surface area contributed by atoms with Gasteiger partial charge in [0.2, 0.25) is 5.91 Å². The molecule has 0 aromatic rings. The number of fused-ring (bicyclic) bond motifs is 7. The number of aliphatic carboxylic acids is 1. The lowest BCUT2D eigenvalue weighted by molar-refractivity contribution is -0.232. The van der Waals surface area contributed by atoms with Gasteiger partial charge in [0, 0.05) is 18.0 Å². The number of esters is 1. The number of hydrogen-bond acceptors (Lipinski definition) is 7. The van der Waals surface area contributed by atoms with E-state index in [0.717, 1.165) is 56.9 Å². The van der Waals surface area contributed by atoms with Crippen LogP contribution in [0.2, 0.25) is 0 Å². The number of allylic oxidation sites excluding steroid dienone is 2. The summed E-state index contributed by atoms with van der Waals surface area (Å²) in [5.41, 5.74) is 6.63. The van der Waals surface area contributed by atoms with E-state index in [2.05, 4.69) is 48.5 Å². The van der Waals surface area contributed by atoms with E-state index >= 15 is 0 Å². The molecule has 0 aromatic heterocycles. The molecule has 10 atom stereocenters. The zero-order chi connectivity index (χ0) is 38.2. The van der Waals surface area contributed by atoms with E-state index in [4.69, 9.17) is 10.5 Å². The van der Waals surface area contributed by atoms with Crippen molar-refractivity contribution in [3.8, 4) is 0 Å². The van der Waals surface area contributed by atoms with E-state index in [1.54, 1.807) is 18.7 Å². The Hall–Kier alpha value is -2.26. The van der Waals surface area contributed by atoms with Crippen molar-refractivity contribution in [2.24, 2.45) is 68.3 Å². The van der Waals surface area contributed by atoms with Crippen LogP contribution in [-0.2, 0) is 23.9 Å². The summed E-state index contributed by atoms with van der Waals surface area (Å²) < 4.78 is 6.14. The van der Waals surface area contributed by atoms with Gasteiger partial charge in [0.1, 0.15) is 6.10 Å². The molecule has 9 nitrogen and oxygen atoms in total. The second-order valence-corrected chi connectivity index (χ2v) is 19.8. The predicted octanol–water partition coefficient (Wildman–Crippen LogP) is 6.79. The quantitative estimate of drug-likeness (QED) is 0.210. The maximum atomic E-state index is 14.4. The summed E-state index contributed by atoms with van der Waals surface area (Å²) in [6.45, 7) is 23.3. The Morgan fingerprint density at radius 1 is 0.922 bits per heavy atom. The molecule has 0 radical (unpaired) electrons. The summed E-state index contributed by atoms with van der Waals surface area (Å²) in [6, 6.07) is -0.123. The molecule has 5 aliphatic rings. The molecule has 5 aliphatic carbocycles. The first-order chi connectivity index (χ1) is 23.5. The predicted molar refractivity (Wildman–Crippen MR) is 197 cm³/mol. The highest BCUT2D eigenvalue weighted by atomic mass is 16.5. The first kappa shape index (κ1) is 39.9. The lowest BCUT2D eigenvalue weighted by Crippen LogP contribution is -2.65. The van der Waals surface area contributed by atoms with E-state index in [1.165, 1.54) is 5.57 Å². The topological polar surface area (TPSA) is 147 Å². The van der Waals surface area contributed by atoms with Crippen molar-refractivity contribution in [3.05, 3.63) is 11.1 Å². The molecule has 9 heteroatoms. The number of ketones is 1. The number of carboxylic acid groups (broad SMARTS) is 1. The van der Waals surface area contributed by atoms with Gasteiger partial charge in [0.05, 0.1) is 30.4 Å². The Morgan fingerprint density at radius 3 is 2.12 bits per heavy atom. The van der Waals surface area contributed by atoms with Crippen molar-refractivity contribution < 1.29 is 34.1 Å². The maximum Gasteiger partial charge on any atom is 0.309 e. The summed E-state index contributed by atoms with van der Waals surface area (Å²) in [7, 11) is 0. The lowest BCUT2D eigenvalue weighted by atomic mass is 9.33. The van der Waals surface area contributed by atoms with Gasteiger partial charge in [-0.05, 0) is 130 Å². The molecular weight excluding hydrogens is 644 g/mol. The van der Waals surface area contributed by atoms with Crippen LogP contribution in [0, 0.1) is 62.6 Å². The van der Waals surface area contributed by atoms with Crippen molar-refractivity contribution in [3.63, 3.8) is 0 Å². The molecule has 0 bridgehead atoms. The van der Waals surface area contributed by atoms with Crippen LogP contribution in [0.15, 0.2) is 11.1 Å². The third kappa shape index (κ3) is 6.22. The molecule has 288 valence electrons. The highest BCUT2D eigenvalue weighted by molar-refractivity contribution is 6.02. The number of hydrogen-bond donors (Lipinski definition) is 3. The smallest absolute Gasteiger partial charge is 0.309 e. The Kier molecular flexibility index (Phi) is 10.6. The third-order valence-electron chi connectivity index (χ3n) is 15.8. The van der Waals surface area contributed by atoms with Gasteiger partial charge in [-0.2, -0.15) is 0 Å². The maximum absolute atomic E-state index is 14.4. The molecule has 0 spiro atoms. The third-order valence-corrected chi connectivity index (χ3v) is 15.8. The summed E-state index contributed by atoms with van der Waals surface area (Å²) in [5.74, 6) is -0.942. The minimum Gasteiger partial charge on any atom is -0.481 e. The monoisotopic (exact) mass is 713 g/mol. The number of aliphatic hydroxyl groups excluding tert-OH is 1. The first-order valence-electron chi connectivity index (χ1n) is 19.9. The first-order valence-corrected chi connectivity index (χ1v) is 19.9. The molecule has 0 aliphatic heterocycles. The van der Waals surface area contributed by atoms with E-state index < -0.39 is 29.4 Å². The number of carboxylic acids is 1. The number of carbonyl (C=O) groups excluding carboxylic acids is 3. The second-order valence-electron chi connectivity index (χ2n) is 19.8. The van der Waals surface area contributed by atoms with Crippen LogP contribution in [0.5, 0.6) is 0 Å². The van der Waals surface area contributed by atoms with Crippen LogP contribution >= 0.6 is 0 Å². The van der Waals surface area contributed by atoms with Crippen LogP contribution in [0.1, 0.15) is 134 Å². The zero-order valence-electron chi connectivity index (χ0n) is 33.4. The largest absolute Gasteiger partial charge is 0.481 e. The standard InChI is InChI=1S/C42H68N2O7/c1-23(2)33-34-25(35(36(33)48)27(45)22-44(24(3)4)31(46)21-43)14-18-41(10)26(34)12-13-29-40(9)17-16-30(51-32(47)20-38(5,6)37(49)50)39(7,8)28(40)15-19-42(29,41)11/h23-30,35,45H,12-22,43H2,1-11H3,(H,49,50)/t25?,26-,27+,28+,29-,30+,35-,40+,41-,42-/m1/s1. The Labute approximate surface area is 306 Å². The highest BCUT2D eigenvalue weighted by Gasteiger charge is 2.69. The van der Waals surface area contributed by atoms with E-state index in [0.29, 0.717) is 11.8 Å². The van der Waals surface area contributed by atoms with Gasteiger partial charge in [-0.25, -0.2) is 0 Å². The van der Waals surface area contributed by atoms with Crippen molar-refractivity contribution >= 4 is 23.6 Å². The van der Waals surface area contributed by atoms with E-state index in [-0.39, 0.29) is 82.8 Å².